The zero-order valence-electron chi connectivity index (χ0n) is 10.3. The maximum Gasteiger partial charge on any atom is 0.148 e. The molecule has 0 aliphatic heterocycles. The van der Waals surface area contributed by atoms with Gasteiger partial charge in [-0.3, -0.25) is 0 Å². The van der Waals surface area contributed by atoms with E-state index in [9.17, 15) is 13.5 Å². The topological polar surface area (TPSA) is 66.4 Å². The number of phenols is 1. The summed E-state index contributed by atoms with van der Waals surface area (Å²) >= 11 is 0. The lowest BCUT2D eigenvalue weighted by Crippen LogP contribution is -2.34. The second-order valence-corrected chi connectivity index (χ2v) is 6.66. The summed E-state index contributed by atoms with van der Waals surface area (Å²) in [7, 11) is -2.97. The number of aromatic hydroxyl groups is 1. The molecule has 4 nitrogen and oxygen atoms in total. The summed E-state index contributed by atoms with van der Waals surface area (Å²) in [6.07, 6.45) is 1.23. The molecule has 0 spiro atoms. The maximum absolute atomic E-state index is 11.1. The van der Waals surface area contributed by atoms with Crippen LogP contribution < -0.4 is 5.32 Å². The zero-order valence-corrected chi connectivity index (χ0v) is 11.2. The van der Waals surface area contributed by atoms with Gasteiger partial charge >= 0.3 is 0 Å². The van der Waals surface area contributed by atoms with E-state index in [1.54, 1.807) is 18.2 Å². The molecule has 1 rings (SSSR count). The summed E-state index contributed by atoms with van der Waals surface area (Å²) in [5, 5.41) is 12.5. The molecule has 0 heterocycles. The fourth-order valence-electron chi connectivity index (χ4n) is 1.82. The highest BCUT2D eigenvalue weighted by Crippen LogP contribution is 2.18. The van der Waals surface area contributed by atoms with Crippen LogP contribution in [0.2, 0.25) is 0 Å². The van der Waals surface area contributed by atoms with E-state index < -0.39 is 9.84 Å². The monoisotopic (exact) mass is 257 g/mol. The highest BCUT2D eigenvalue weighted by Gasteiger charge is 2.14. The van der Waals surface area contributed by atoms with E-state index in [1.165, 1.54) is 6.26 Å². The van der Waals surface area contributed by atoms with E-state index >= 15 is 0 Å². The van der Waals surface area contributed by atoms with E-state index in [0.29, 0.717) is 0 Å². The minimum absolute atomic E-state index is 0.00106. The second kappa shape index (κ2) is 5.51. The molecule has 2 atom stereocenters. The lowest BCUT2D eigenvalue weighted by atomic mass is 10.1. The van der Waals surface area contributed by atoms with Crippen LogP contribution in [0.15, 0.2) is 24.3 Å². The molecular formula is C12H19NO3S. The van der Waals surface area contributed by atoms with Gasteiger partial charge < -0.3 is 10.4 Å². The van der Waals surface area contributed by atoms with Gasteiger partial charge in [-0.25, -0.2) is 8.42 Å². The molecule has 2 N–H and O–H groups in total. The standard InChI is InChI=1S/C12H19NO3S/c1-9(8-17(3,15)16)13-10(2)11-5-4-6-12(14)7-11/h4-7,9-10,13-14H,8H2,1-3H3. The van der Waals surface area contributed by atoms with E-state index in [4.69, 9.17) is 0 Å². The molecule has 0 radical (unpaired) electrons. The Bertz CT molecular complexity index is 470. The van der Waals surface area contributed by atoms with E-state index in [2.05, 4.69) is 5.32 Å². The van der Waals surface area contributed by atoms with E-state index in [0.717, 1.165) is 5.56 Å². The Morgan fingerprint density at radius 3 is 2.53 bits per heavy atom. The van der Waals surface area contributed by atoms with Crippen LogP contribution >= 0.6 is 0 Å². The van der Waals surface area contributed by atoms with Gasteiger partial charge in [-0.05, 0) is 31.5 Å². The van der Waals surface area contributed by atoms with Crippen LogP contribution in [-0.4, -0.2) is 31.6 Å². The van der Waals surface area contributed by atoms with Crippen LogP contribution in [0.5, 0.6) is 5.75 Å². The lowest BCUT2D eigenvalue weighted by Gasteiger charge is -2.19. The Morgan fingerprint density at radius 1 is 1.35 bits per heavy atom. The van der Waals surface area contributed by atoms with E-state index in [-0.39, 0.29) is 23.6 Å². The molecule has 1 aromatic carbocycles. The van der Waals surface area contributed by atoms with Crippen molar-refractivity contribution in [3.05, 3.63) is 29.8 Å². The molecule has 0 aliphatic rings. The minimum Gasteiger partial charge on any atom is -0.508 e. The Kier molecular flexibility index (Phi) is 4.54. The quantitative estimate of drug-likeness (QED) is 0.838. The smallest absolute Gasteiger partial charge is 0.148 e. The predicted molar refractivity (Wildman–Crippen MR) is 68.8 cm³/mol. The van der Waals surface area contributed by atoms with Gasteiger partial charge in [0.05, 0.1) is 5.75 Å². The predicted octanol–water partition coefficient (Wildman–Crippen LogP) is 1.48. The molecule has 0 saturated carbocycles. The van der Waals surface area contributed by atoms with Crippen molar-refractivity contribution in [1.82, 2.24) is 5.32 Å². The summed E-state index contributed by atoms with van der Waals surface area (Å²) in [4.78, 5) is 0. The number of sulfone groups is 1. The van der Waals surface area contributed by atoms with Gasteiger partial charge in [-0.1, -0.05) is 12.1 Å². The average molecular weight is 257 g/mol. The van der Waals surface area contributed by atoms with Gasteiger partial charge in [0, 0.05) is 18.3 Å². The SMILES string of the molecule is CC(CS(C)(=O)=O)NC(C)c1cccc(O)c1. The van der Waals surface area contributed by atoms with Crippen molar-refractivity contribution in [2.75, 3.05) is 12.0 Å². The van der Waals surface area contributed by atoms with Crippen molar-refractivity contribution in [3.8, 4) is 5.75 Å². The second-order valence-electron chi connectivity index (χ2n) is 4.48. The molecule has 17 heavy (non-hydrogen) atoms. The van der Waals surface area contributed by atoms with Crippen LogP contribution in [0.1, 0.15) is 25.5 Å². The summed E-state index contributed by atoms with van der Waals surface area (Å²) in [5.74, 6) is 0.322. The summed E-state index contributed by atoms with van der Waals surface area (Å²) < 4.78 is 22.3. The highest BCUT2D eigenvalue weighted by molar-refractivity contribution is 7.90. The third-order valence-electron chi connectivity index (χ3n) is 2.46. The van der Waals surface area contributed by atoms with Gasteiger partial charge in [0.15, 0.2) is 0 Å². The Balaban J connectivity index is 2.63. The summed E-state index contributed by atoms with van der Waals surface area (Å²) in [6, 6.07) is 6.82. The highest BCUT2D eigenvalue weighted by atomic mass is 32.2. The average Bonchev–Trinajstić information content (AvgIpc) is 2.14. The Hall–Kier alpha value is -1.07. The lowest BCUT2D eigenvalue weighted by molar-refractivity contribution is 0.468. The van der Waals surface area contributed by atoms with Crippen LogP contribution in [0.4, 0.5) is 0 Å². The number of hydrogen-bond donors (Lipinski definition) is 2. The summed E-state index contributed by atoms with van der Waals surface area (Å²) in [5.41, 5.74) is 0.936. The normalized spacial score (nSPS) is 15.5. The molecule has 0 aliphatic carbocycles. The van der Waals surface area contributed by atoms with Gasteiger partial charge in [0.2, 0.25) is 0 Å². The fraction of sp³-hybridized carbons (Fsp3) is 0.500. The maximum atomic E-state index is 11.1. The van der Waals surface area contributed by atoms with E-state index in [1.807, 2.05) is 19.9 Å². The van der Waals surface area contributed by atoms with Gasteiger partial charge in [0.25, 0.3) is 0 Å². The number of rotatable bonds is 5. The minimum atomic E-state index is -2.97. The van der Waals surface area contributed by atoms with Gasteiger partial charge in [0.1, 0.15) is 15.6 Å². The van der Waals surface area contributed by atoms with Crippen LogP contribution in [0.3, 0.4) is 0 Å². The van der Waals surface area contributed by atoms with Crippen LogP contribution in [0, 0.1) is 0 Å². The molecule has 0 fully saturated rings. The molecule has 0 saturated heterocycles. The number of nitrogens with one attached hydrogen (secondary N) is 1. The van der Waals surface area contributed by atoms with Crippen LogP contribution in [0.25, 0.3) is 0 Å². The molecule has 1 aromatic rings. The molecule has 0 aromatic heterocycles. The third-order valence-corrected chi connectivity index (χ3v) is 3.56. The van der Waals surface area contributed by atoms with Gasteiger partial charge in [-0.15, -0.1) is 0 Å². The first-order valence-corrected chi connectivity index (χ1v) is 7.56. The third kappa shape index (κ3) is 5.19. The number of hydrogen-bond acceptors (Lipinski definition) is 4. The Labute approximate surface area is 103 Å². The number of phenolic OH excluding ortho intramolecular Hbond substituents is 1. The van der Waals surface area contributed by atoms with Crippen molar-refractivity contribution < 1.29 is 13.5 Å². The van der Waals surface area contributed by atoms with Crippen molar-refractivity contribution in [2.24, 2.45) is 0 Å². The molecule has 0 amide bonds. The van der Waals surface area contributed by atoms with Crippen LogP contribution in [-0.2, 0) is 9.84 Å². The molecular weight excluding hydrogens is 238 g/mol. The molecule has 96 valence electrons. The first-order valence-electron chi connectivity index (χ1n) is 5.50. The Morgan fingerprint density at radius 2 is 2.00 bits per heavy atom. The molecule has 5 heteroatoms. The number of benzene rings is 1. The van der Waals surface area contributed by atoms with Crippen molar-refractivity contribution in [1.29, 1.82) is 0 Å². The fourth-order valence-corrected chi connectivity index (χ4v) is 2.82. The largest absolute Gasteiger partial charge is 0.508 e. The van der Waals surface area contributed by atoms with Crippen molar-refractivity contribution in [3.63, 3.8) is 0 Å². The van der Waals surface area contributed by atoms with Crippen molar-refractivity contribution >= 4 is 9.84 Å². The first-order chi connectivity index (χ1) is 7.78. The first kappa shape index (κ1) is 14.0. The zero-order chi connectivity index (χ0) is 13.1. The van der Waals surface area contributed by atoms with Gasteiger partial charge in [-0.2, -0.15) is 0 Å². The summed E-state index contributed by atoms with van der Waals surface area (Å²) in [6.45, 7) is 3.77. The molecule has 2 unspecified atom stereocenters. The van der Waals surface area contributed by atoms with Crippen molar-refractivity contribution in [2.45, 2.75) is 25.9 Å². The molecule has 0 bridgehead atoms.